The molecular weight excluding hydrogens is 305 g/mol. The van der Waals surface area contributed by atoms with Gasteiger partial charge in [0, 0.05) is 22.5 Å². The van der Waals surface area contributed by atoms with E-state index in [2.05, 4.69) is 32.3 Å². The van der Waals surface area contributed by atoms with Gasteiger partial charge in [0.15, 0.2) is 0 Å². The summed E-state index contributed by atoms with van der Waals surface area (Å²) in [5.74, 6) is 1.61. The second-order valence-electron chi connectivity index (χ2n) is 6.20. The summed E-state index contributed by atoms with van der Waals surface area (Å²) in [5, 5.41) is 1.23. The Kier molecular flexibility index (Phi) is 4.54. The first-order valence-electron chi connectivity index (χ1n) is 7.07. The summed E-state index contributed by atoms with van der Waals surface area (Å²) in [6.07, 6.45) is 0.992. The second-order valence-corrected chi connectivity index (χ2v) is 7.04. The van der Waals surface area contributed by atoms with Gasteiger partial charge in [0.25, 0.3) is 0 Å². The summed E-state index contributed by atoms with van der Waals surface area (Å²) in [5.41, 5.74) is 7.73. The molecule has 0 radical (unpaired) electrons. The summed E-state index contributed by atoms with van der Waals surface area (Å²) < 4.78 is 2.08. The maximum absolute atomic E-state index is 6.34. The maximum atomic E-state index is 6.34. The molecule has 0 saturated carbocycles. The van der Waals surface area contributed by atoms with Crippen molar-refractivity contribution >= 4 is 29.0 Å². The third kappa shape index (κ3) is 3.19. The van der Waals surface area contributed by atoms with Crippen molar-refractivity contribution in [1.82, 2.24) is 9.55 Å². The number of hydrogen-bond acceptors (Lipinski definition) is 2. The Morgan fingerprint density at radius 3 is 2.48 bits per heavy atom. The zero-order valence-electron chi connectivity index (χ0n) is 12.9. The number of hydrogen-bond donors (Lipinski definition) is 1. The molecule has 0 unspecified atom stereocenters. The summed E-state index contributed by atoms with van der Waals surface area (Å²) in [6, 6.07) is 5.34. The molecular formula is C16H21Cl2N3. The lowest BCUT2D eigenvalue weighted by Crippen LogP contribution is -2.19. The molecule has 3 nitrogen and oxygen atoms in total. The van der Waals surface area contributed by atoms with Gasteiger partial charge in [0.05, 0.1) is 5.02 Å². The van der Waals surface area contributed by atoms with Gasteiger partial charge < -0.3 is 10.3 Å². The van der Waals surface area contributed by atoms with Crippen molar-refractivity contribution in [2.45, 2.75) is 46.1 Å². The van der Waals surface area contributed by atoms with E-state index in [0.29, 0.717) is 21.6 Å². The van der Waals surface area contributed by atoms with Crippen LogP contribution in [0.15, 0.2) is 18.2 Å². The van der Waals surface area contributed by atoms with E-state index in [-0.39, 0.29) is 5.41 Å². The van der Waals surface area contributed by atoms with Gasteiger partial charge in [-0.1, -0.05) is 50.9 Å². The number of rotatable bonds is 3. The number of nitrogens with zero attached hydrogens (tertiary/aromatic N) is 2. The van der Waals surface area contributed by atoms with Gasteiger partial charge >= 0.3 is 0 Å². The lowest BCUT2D eigenvalue weighted by atomic mass is 9.95. The van der Waals surface area contributed by atoms with Gasteiger partial charge in [-0.3, -0.25) is 0 Å². The van der Waals surface area contributed by atoms with E-state index in [9.17, 15) is 0 Å². The van der Waals surface area contributed by atoms with Crippen LogP contribution in [-0.2, 0) is 12.0 Å². The SMILES string of the molecule is CCCn1c(C(C)(C)C)nc(-c2cc(Cl)ccc2Cl)c1N. The zero-order valence-corrected chi connectivity index (χ0v) is 14.4. The molecule has 5 heteroatoms. The molecule has 0 aliphatic heterocycles. The standard InChI is InChI=1S/C16H21Cl2N3/c1-5-8-21-14(19)13(20-15(21)16(2,3)4)11-9-10(17)6-7-12(11)18/h6-7,9H,5,8,19H2,1-4H3. The fourth-order valence-corrected chi connectivity index (χ4v) is 2.74. The van der Waals surface area contributed by atoms with E-state index in [0.717, 1.165) is 24.4 Å². The molecule has 0 bridgehead atoms. The Balaban J connectivity index is 2.68. The van der Waals surface area contributed by atoms with Crippen molar-refractivity contribution in [2.24, 2.45) is 0 Å². The summed E-state index contributed by atoms with van der Waals surface area (Å²) in [7, 11) is 0. The van der Waals surface area contributed by atoms with Crippen LogP contribution in [0.5, 0.6) is 0 Å². The van der Waals surface area contributed by atoms with E-state index in [1.165, 1.54) is 0 Å². The second kappa shape index (κ2) is 5.90. The molecule has 1 heterocycles. The lowest BCUT2D eigenvalue weighted by molar-refractivity contribution is 0.498. The predicted octanol–water partition coefficient (Wildman–Crippen LogP) is 5.15. The van der Waals surface area contributed by atoms with E-state index < -0.39 is 0 Å². The monoisotopic (exact) mass is 325 g/mol. The van der Waals surface area contributed by atoms with Crippen molar-refractivity contribution in [1.29, 1.82) is 0 Å². The largest absolute Gasteiger partial charge is 0.383 e. The van der Waals surface area contributed by atoms with Crippen molar-refractivity contribution in [3.8, 4) is 11.3 Å². The van der Waals surface area contributed by atoms with Crippen LogP contribution in [-0.4, -0.2) is 9.55 Å². The van der Waals surface area contributed by atoms with Crippen molar-refractivity contribution in [2.75, 3.05) is 5.73 Å². The number of nitrogens with two attached hydrogens (primary N) is 1. The molecule has 2 N–H and O–H groups in total. The Morgan fingerprint density at radius 2 is 1.90 bits per heavy atom. The van der Waals surface area contributed by atoms with Gasteiger partial charge in [-0.05, 0) is 24.6 Å². The van der Waals surface area contributed by atoms with E-state index >= 15 is 0 Å². The minimum absolute atomic E-state index is 0.0907. The Hall–Kier alpha value is -1.19. The molecule has 0 aliphatic carbocycles. The number of nitrogen functional groups attached to an aromatic ring is 1. The average molecular weight is 326 g/mol. The quantitative estimate of drug-likeness (QED) is 0.848. The van der Waals surface area contributed by atoms with Crippen LogP contribution in [0.4, 0.5) is 5.82 Å². The van der Waals surface area contributed by atoms with Crippen LogP contribution >= 0.6 is 23.2 Å². The lowest BCUT2D eigenvalue weighted by Gasteiger charge is -2.19. The van der Waals surface area contributed by atoms with Gasteiger partial charge in [-0.25, -0.2) is 4.98 Å². The topological polar surface area (TPSA) is 43.8 Å². The zero-order chi connectivity index (χ0) is 15.8. The smallest absolute Gasteiger partial charge is 0.131 e. The van der Waals surface area contributed by atoms with Crippen molar-refractivity contribution in [3.05, 3.63) is 34.1 Å². The Bertz CT molecular complexity index is 654. The highest BCUT2D eigenvalue weighted by atomic mass is 35.5. The van der Waals surface area contributed by atoms with Gasteiger partial charge in [-0.2, -0.15) is 0 Å². The van der Waals surface area contributed by atoms with Crippen LogP contribution < -0.4 is 5.73 Å². The van der Waals surface area contributed by atoms with Crippen LogP contribution in [0.3, 0.4) is 0 Å². The molecule has 0 saturated heterocycles. The van der Waals surface area contributed by atoms with Crippen LogP contribution in [0.2, 0.25) is 10.0 Å². The molecule has 0 amide bonds. The minimum Gasteiger partial charge on any atom is -0.383 e. The summed E-state index contributed by atoms with van der Waals surface area (Å²) in [6.45, 7) is 9.35. The van der Waals surface area contributed by atoms with Crippen molar-refractivity contribution in [3.63, 3.8) is 0 Å². The highest BCUT2D eigenvalue weighted by Crippen LogP contribution is 2.36. The molecule has 0 spiro atoms. The maximum Gasteiger partial charge on any atom is 0.131 e. The molecule has 0 aliphatic rings. The fraction of sp³-hybridized carbons (Fsp3) is 0.438. The van der Waals surface area contributed by atoms with E-state index in [4.69, 9.17) is 33.9 Å². The molecule has 1 aromatic carbocycles. The van der Waals surface area contributed by atoms with E-state index in [1.807, 2.05) is 6.07 Å². The normalized spacial score (nSPS) is 11.9. The highest BCUT2D eigenvalue weighted by molar-refractivity contribution is 6.35. The van der Waals surface area contributed by atoms with Crippen molar-refractivity contribution < 1.29 is 0 Å². The minimum atomic E-state index is -0.0907. The number of imidazole rings is 1. The van der Waals surface area contributed by atoms with Crippen LogP contribution in [0.1, 0.15) is 39.9 Å². The third-order valence-corrected chi connectivity index (χ3v) is 3.87. The molecule has 1 aromatic heterocycles. The first-order chi connectivity index (χ1) is 9.75. The Labute approximate surface area is 136 Å². The molecule has 0 atom stereocenters. The first kappa shape index (κ1) is 16.2. The Morgan fingerprint density at radius 1 is 1.24 bits per heavy atom. The molecule has 2 aromatic rings. The molecule has 0 fully saturated rings. The van der Waals surface area contributed by atoms with Gasteiger partial charge in [-0.15, -0.1) is 0 Å². The number of halogens is 2. The van der Waals surface area contributed by atoms with Crippen LogP contribution in [0, 0.1) is 0 Å². The highest BCUT2D eigenvalue weighted by Gasteiger charge is 2.25. The fourth-order valence-electron chi connectivity index (χ4n) is 2.37. The third-order valence-electron chi connectivity index (χ3n) is 3.31. The predicted molar refractivity (Wildman–Crippen MR) is 91.1 cm³/mol. The molecule has 114 valence electrons. The number of aromatic nitrogens is 2. The number of benzene rings is 1. The van der Waals surface area contributed by atoms with Crippen LogP contribution in [0.25, 0.3) is 11.3 Å². The average Bonchev–Trinajstić information content (AvgIpc) is 2.71. The van der Waals surface area contributed by atoms with Gasteiger partial charge in [0.1, 0.15) is 17.3 Å². The number of anilines is 1. The summed E-state index contributed by atoms with van der Waals surface area (Å²) in [4.78, 5) is 4.77. The molecule has 2 rings (SSSR count). The van der Waals surface area contributed by atoms with E-state index in [1.54, 1.807) is 12.1 Å². The first-order valence-corrected chi connectivity index (χ1v) is 7.83. The summed E-state index contributed by atoms with van der Waals surface area (Å²) >= 11 is 12.4. The van der Waals surface area contributed by atoms with Gasteiger partial charge in [0.2, 0.25) is 0 Å². The molecule has 21 heavy (non-hydrogen) atoms.